The Labute approximate surface area is 161 Å². The molecule has 2 aromatic rings. The topological polar surface area (TPSA) is 61.9 Å². The molecule has 1 aromatic carbocycles. The molecule has 5 nitrogen and oxygen atoms in total. The van der Waals surface area contributed by atoms with Gasteiger partial charge in [0.15, 0.2) is 0 Å². The zero-order chi connectivity index (χ0) is 20.0. The lowest BCUT2D eigenvalue weighted by atomic mass is 9.98. The van der Waals surface area contributed by atoms with Crippen molar-refractivity contribution in [1.29, 1.82) is 5.26 Å². The molecule has 0 aliphatic rings. The third kappa shape index (κ3) is 4.65. The second-order valence-corrected chi connectivity index (χ2v) is 7.23. The number of aromatic nitrogens is 2. The summed E-state index contributed by atoms with van der Waals surface area (Å²) in [5, 5.41) is 13.5. The molecule has 0 unspecified atom stereocenters. The van der Waals surface area contributed by atoms with Gasteiger partial charge in [-0.1, -0.05) is 25.1 Å². The van der Waals surface area contributed by atoms with E-state index in [2.05, 4.69) is 18.1 Å². The number of aryl methyl sites for hydroxylation is 1. The van der Waals surface area contributed by atoms with Crippen LogP contribution in [0.3, 0.4) is 0 Å². The largest absolute Gasteiger partial charge is 0.333 e. The zero-order valence-corrected chi connectivity index (χ0v) is 16.9. The second kappa shape index (κ2) is 8.68. The lowest BCUT2D eigenvalue weighted by Gasteiger charge is -2.37. The number of nitrogens with zero attached hydrogens (tertiary/aromatic N) is 4. The van der Waals surface area contributed by atoms with Gasteiger partial charge in [-0.2, -0.15) is 10.4 Å². The molecule has 0 fully saturated rings. The highest BCUT2D eigenvalue weighted by atomic mass is 16.2. The minimum absolute atomic E-state index is 0.0802. The molecule has 0 aliphatic carbocycles. The molecular weight excluding hydrogens is 336 g/mol. The van der Waals surface area contributed by atoms with E-state index < -0.39 is 0 Å². The predicted octanol–water partition coefficient (Wildman–Crippen LogP) is 4.43. The van der Waals surface area contributed by atoms with Crippen LogP contribution in [0.25, 0.3) is 11.8 Å². The van der Waals surface area contributed by atoms with E-state index in [1.807, 2.05) is 68.8 Å². The molecule has 0 radical (unpaired) electrons. The molecule has 0 bridgehead atoms. The molecule has 0 spiro atoms. The van der Waals surface area contributed by atoms with Gasteiger partial charge >= 0.3 is 0 Å². The number of hydrogen-bond donors (Lipinski definition) is 0. The van der Waals surface area contributed by atoms with Crippen LogP contribution in [-0.4, -0.2) is 32.7 Å². The van der Waals surface area contributed by atoms with Crippen molar-refractivity contribution < 1.29 is 4.79 Å². The Hall–Kier alpha value is -2.87. The molecular formula is C22H28N4O. The van der Waals surface area contributed by atoms with Gasteiger partial charge in [0.05, 0.1) is 23.9 Å². The summed E-state index contributed by atoms with van der Waals surface area (Å²) in [5.74, 6) is -0.0802. The standard InChI is InChI=1S/C22H28N4O/c1-6-22(4,5)25(16-10-15-23)21(27)14-13-20-17(2)24-26(18(20)3)19-11-8-7-9-12-19/h7-9,11-14H,6,10,16H2,1-5H3/b14-13+. The smallest absolute Gasteiger partial charge is 0.247 e. The summed E-state index contributed by atoms with van der Waals surface area (Å²) < 4.78 is 1.89. The highest BCUT2D eigenvalue weighted by Crippen LogP contribution is 2.22. The van der Waals surface area contributed by atoms with Gasteiger partial charge in [-0.25, -0.2) is 4.68 Å². The molecule has 1 amide bonds. The van der Waals surface area contributed by atoms with Crippen LogP contribution >= 0.6 is 0 Å². The van der Waals surface area contributed by atoms with E-state index in [1.54, 1.807) is 11.0 Å². The summed E-state index contributed by atoms with van der Waals surface area (Å²) in [6, 6.07) is 12.1. The minimum Gasteiger partial charge on any atom is -0.333 e. The van der Waals surface area contributed by atoms with Crippen LogP contribution in [0.5, 0.6) is 0 Å². The van der Waals surface area contributed by atoms with Crippen LogP contribution in [0, 0.1) is 25.2 Å². The van der Waals surface area contributed by atoms with Gasteiger partial charge in [0.2, 0.25) is 5.91 Å². The lowest BCUT2D eigenvalue weighted by molar-refractivity contribution is -0.131. The van der Waals surface area contributed by atoms with E-state index in [0.717, 1.165) is 29.1 Å². The van der Waals surface area contributed by atoms with Crippen molar-refractivity contribution in [3.05, 3.63) is 53.4 Å². The number of hydrogen-bond acceptors (Lipinski definition) is 3. The molecule has 27 heavy (non-hydrogen) atoms. The van der Waals surface area contributed by atoms with Gasteiger partial charge in [-0.15, -0.1) is 0 Å². The minimum atomic E-state index is -0.295. The second-order valence-electron chi connectivity index (χ2n) is 7.23. The van der Waals surface area contributed by atoms with Crippen molar-refractivity contribution in [2.24, 2.45) is 0 Å². The number of rotatable bonds is 7. The molecule has 0 aliphatic heterocycles. The first kappa shape index (κ1) is 20.4. The maximum Gasteiger partial charge on any atom is 0.247 e. The highest BCUT2D eigenvalue weighted by molar-refractivity contribution is 5.92. The maximum atomic E-state index is 12.8. The Morgan fingerprint density at radius 2 is 1.96 bits per heavy atom. The maximum absolute atomic E-state index is 12.8. The Kier molecular flexibility index (Phi) is 6.57. The first-order valence-corrected chi connectivity index (χ1v) is 9.30. The molecule has 1 heterocycles. The first-order chi connectivity index (χ1) is 12.8. The quantitative estimate of drug-likeness (QED) is 0.683. The van der Waals surface area contributed by atoms with Crippen LogP contribution < -0.4 is 0 Å². The monoisotopic (exact) mass is 364 g/mol. The molecule has 0 atom stereocenters. The van der Waals surface area contributed by atoms with Crippen molar-refractivity contribution in [2.45, 2.75) is 53.0 Å². The average Bonchev–Trinajstić information content (AvgIpc) is 2.94. The average molecular weight is 364 g/mol. The summed E-state index contributed by atoms with van der Waals surface area (Å²) in [6.07, 6.45) is 4.58. The normalized spacial score (nSPS) is 11.6. The van der Waals surface area contributed by atoms with Crippen LogP contribution in [0.15, 0.2) is 36.4 Å². The van der Waals surface area contributed by atoms with Crippen molar-refractivity contribution in [1.82, 2.24) is 14.7 Å². The Morgan fingerprint density at radius 1 is 1.30 bits per heavy atom. The molecule has 142 valence electrons. The summed E-state index contributed by atoms with van der Waals surface area (Å²) in [5.41, 5.74) is 3.50. The summed E-state index contributed by atoms with van der Waals surface area (Å²) in [4.78, 5) is 14.6. The number of nitriles is 1. The van der Waals surface area contributed by atoms with Gasteiger partial charge in [-0.3, -0.25) is 4.79 Å². The van der Waals surface area contributed by atoms with Gasteiger partial charge < -0.3 is 4.90 Å². The summed E-state index contributed by atoms with van der Waals surface area (Å²) >= 11 is 0. The van der Waals surface area contributed by atoms with E-state index in [9.17, 15) is 4.79 Å². The van der Waals surface area contributed by atoms with E-state index in [-0.39, 0.29) is 11.4 Å². The first-order valence-electron chi connectivity index (χ1n) is 9.30. The summed E-state index contributed by atoms with van der Waals surface area (Å²) in [6.45, 7) is 10.5. The number of para-hydroxylation sites is 1. The van der Waals surface area contributed by atoms with E-state index in [0.29, 0.717) is 13.0 Å². The molecule has 5 heteroatoms. The number of carbonyl (C=O) groups excluding carboxylic acids is 1. The third-order valence-electron chi connectivity index (χ3n) is 5.05. The van der Waals surface area contributed by atoms with Gasteiger partial charge in [0, 0.05) is 29.4 Å². The van der Waals surface area contributed by atoms with E-state index >= 15 is 0 Å². The number of benzene rings is 1. The van der Waals surface area contributed by atoms with Crippen LogP contribution in [0.2, 0.25) is 0 Å². The van der Waals surface area contributed by atoms with Crippen LogP contribution in [-0.2, 0) is 4.79 Å². The Bertz CT molecular complexity index is 856. The van der Waals surface area contributed by atoms with Crippen molar-refractivity contribution in [2.75, 3.05) is 6.54 Å². The fraction of sp³-hybridized carbons (Fsp3) is 0.409. The van der Waals surface area contributed by atoms with Gasteiger partial charge in [0.1, 0.15) is 0 Å². The van der Waals surface area contributed by atoms with Gasteiger partial charge in [0.25, 0.3) is 0 Å². The van der Waals surface area contributed by atoms with Crippen molar-refractivity contribution >= 4 is 12.0 Å². The summed E-state index contributed by atoms with van der Waals surface area (Å²) in [7, 11) is 0. The van der Waals surface area contributed by atoms with Crippen LogP contribution in [0.4, 0.5) is 0 Å². The number of amides is 1. The van der Waals surface area contributed by atoms with Gasteiger partial charge in [-0.05, 0) is 52.3 Å². The van der Waals surface area contributed by atoms with Crippen molar-refractivity contribution in [3.8, 4) is 11.8 Å². The lowest BCUT2D eigenvalue weighted by Crippen LogP contribution is -2.47. The Morgan fingerprint density at radius 3 is 2.56 bits per heavy atom. The fourth-order valence-electron chi connectivity index (χ4n) is 3.02. The fourth-order valence-corrected chi connectivity index (χ4v) is 3.02. The predicted molar refractivity (Wildman–Crippen MR) is 108 cm³/mol. The SMILES string of the molecule is CCC(C)(C)N(CCC#N)C(=O)/C=C/c1c(C)nn(-c2ccccc2)c1C. The van der Waals surface area contributed by atoms with E-state index in [4.69, 9.17) is 5.26 Å². The zero-order valence-electron chi connectivity index (χ0n) is 16.9. The van der Waals surface area contributed by atoms with E-state index in [1.165, 1.54) is 0 Å². The highest BCUT2D eigenvalue weighted by Gasteiger charge is 2.27. The molecule has 0 saturated carbocycles. The molecule has 2 rings (SSSR count). The molecule has 0 N–H and O–H groups in total. The van der Waals surface area contributed by atoms with Crippen LogP contribution in [0.1, 0.15) is 50.6 Å². The number of carbonyl (C=O) groups is 1. The molecule has 0 saturated heterocycles. The molecule has 1 aromatic heterocycles. The Balaban J connectivity index is 2.30. The third-order valence-corrected chi connectivity index (χ3v) is 5.05. The van der Waals surface area contributed by atoms with Crippen molar-refractivity contribution in [3.63, 3.8) is 0 Å².